The number of benzene rings is 2. The molecule has 1 N–H and O–H groups in total. The van der Waals surface area contributed by atoms with Crippen LogP contribution in [-0.2, 0) is 4.79 Å². The zero-order valence-electron chi connectivity index (χ0n) is 14.6. The molecule has 134 valence electrons. The molecule has 0 unspecified atom stereocenters. The molecule has 0 radical (unpaired) electrons. The van der Waals surface area contributed by atoms with Crippen molar-refractivity contribution < 1.29 is 14.3 Å². The molecule has 0 spiro atoms. The van der Waals surface area contributed by atoms with Gasteiger partial charge in [0.25, 0.3) is 5.91 Å². The maximum absolute atomic E-state index is 12.6. The summed E-state index contributed by atoms with van der Waals surface area (Å²) in [6.45, 7) is 1.26. The van der Waals surface area contributed by atoms with Crippen LogP contribution in [0, 0.1) is 5.92 Å². The van der Waals surface area contributed by atoms with Crippen LogP contribution in [0.4, 0.5) is 0 Å². The molecule has 1 heterocycles. The van der Waals surface area contributed by atoms with Crippen LogP contribution in [0.3, 0.4) is 0 Å². The summed E-state index contributed by atoms with van der Waals surface area (Å²) < 4.78 is 5.85. The van der Waals surface area contributed by atoms with Crippen molar-refractivity contribution in [2.24, 2.45) is 5.92 Å². The summed E-state index contributed by atoms with van der Waals surface area (Å²) in [6, 6.07) is 17.1. The van der Waals surface area contributed by atoms with Gasteiger partial charge in [-0.05, 0) is 37.1 Å². The van der Waals surface area contributed by atoms with E-state index in [-0.39, 0.29) is 17.7 Å². The lowest BCUT2D eigenvalue weighted by Gasteiger charge is -2.16. The average Bonchev–Trinajstić information content (AvgIpc) is 3.44. The zero-order chi connectivity index (χ0) is 17.9. The second kappa shape index (κ2) is 7.20. The molecule has 0 bridgehead atoms. The molecular formula is C21H22N2O3. The van der Waals surface area contributed by atoms with Gasteiger partial charge in [0.15, 0.2) is 0 Å². The van der Waals surface area contributed by atoms with Crippen molar-refractivity contribution in [3.05, 3.63) is 60.2 Å². The van der Waals surface area contributed by atoms with E-state index >= 15 is 0 Å². The number of hydrogen-bond acceptors (Lipinski definition) is 3. The van der Waals surface area contributed by atoms with Crippen LogP contribution in [0.5, 0.6) is 11.5 Å². The molecular weight excluding hydrogens is 328 g/mol. The van der Waals surface area contributed by atoms with Crippen LogP contribution in [0.25, 0.3) is 0 Å². The van der Waals surface area contributed by atoms with Crippen molar-refractivity contribution in [2.45, 2.75) is 25.3 Å². The largest absolute Gasteiger partial charge is 0.457 e. The van der Waals surface area contributed by atoms with Gasteiger partial charge in [-0.1, -0.05) is 30.3 Å². The Balaban J connectivity index is 1.38. The van der Waals surface area contributed by atoms with E-state index in [0.717, 1.165) is 19.4 Å². The Morgan fingerprint density at radius 1 is 1.08 bits per heavy atom. The van der Waals surface area contributed by atoms with Crippen molar-refractivity contribution in [1.29, 1.82) is 0 Å². The van der Waals surface area contributed by atoms with Gasteiger partial charge in [-0.3, -0.25) is 9.59 Å². The number of hydrogen-bond donors (Lipinski definition) is 1. The molecule has 5 heteroatoms. The Morgan fingerprint density at radius 2 is 1.81 bits per heavy atom. The van der Waals surface area contributed by atoms with Gasteiger partial charge < -0.3 is 15.0 Å². The van der Waals surface area contributed by atoms with E-state index in [1.54, 1.807) is 12.1 Å². The molecule has 1 saturated carbocycles. The fourth-order valence-corrected chi connectivity index (χ4v) is 3.38. The lowest BCUT2D eigenvalue weighted by molar-refractivity contribution is -0.128. The van der Waals surface area contributed by atoms with Gasteiger partial charge in [-0.2, -0.15) is 0 Å². The van der Waals surface area contributed by atoms with E-state index in [1.165, 1.54) is 0 Å². The number of carbonyl (C=O) groups is 2. The van der Waals surface area contributed by atoms with Crippen molar-refractivity contribution in [3.63, 3.8) is 0 Å². The number of amides is 2. The van der Waals surface area contributed by atoms with E-state index in [2.05, 4.69) is 5.32 Å². The highest BCUT2D eigenvalue weighted by atomic mass is 16.5. The van der Waals surface area contributed by atoms with Gasteiger partial charge in [-0.25, -0.2) is 0 Å². The van der Waals surface area contributed by atoms with Crippen LogP contribution in [0.1, 0.15) is 29.6 Å². The van der Waals surface area contributed by atoms with Crippen LogP contribution >= 0.6 is 0 Å². The van der Waals surface area contributed by atoms with E-state index < -0.39 is 0 Å². The summed E-state index contributed by atoms with van der Waals surface area (Å²) in [5.74, 6) is 1.45. The molecule has 26 heavy (non-hydrogen) atoms. The molecule has 2 aromatic rings. The molecule has 2 aliphatic rings. The molecule has 0 aromatic heterocycles. The molecule has 1 aliphatic heterocycles. The molecule has 1 atom stereocenters. The molecule has 5 nitrogen and oxygen atoms in total. The van der Waals surface area contributed by atoms with Crippen molar-refractivity contribution in [1.82, 2.24) is 10.2 Å². The predicted octanol–water partition coefficient (Wildman–Crippen LogP) is 3.22. The topological polar surface area (TPSA) is 58.6 Å². The molecule has 1 saturated heterocycles. The Bertz CT molecular complexity index is 802. The first kappa shape index (κ1) is 16.6. The molecule has 4 rings (SSSR count). The Morgan fingerprint density at radius 3 is 2.58 bits per heavy atom. The Labute approximate surface area is 153 Å². The summed E-state index contributed by atoms with van der Waals surface area (Å²) in [5, 5.41) is 2.97. The van der Waals surface area contributed by atoms with E-state index in [0.29, 0.717) is 36.1 Å². The molecule has 2 aromatic carbocycles. The van der Waals surface area contributed by atoms with E-state index in [9.17, 15) is 9.59 Å². The van der Waals surface area contributed by atoms with Gasteiger partial charge in [0.1, 0.15) is 11.5 Å². The van der Waals surface area contributed by atoms with Crippen LogP contribution < -0.4 is 10.1 Å². The van der Waals surface area contributed by atoms with Crippen LogP contribution in [0.2, 0.25) is 0 Å². The zero-order valence-corrected chi connectivity index (χ0v) is 14.6. The SMILES string of the molecule is O=C(NC[C@H]1CC(=O)N(C2CC2)C1)c1ccccc1Oc1ccccc1. The number of ether oxygens (including phenoxy) is 1. The fourth-order valence-electron chi connectivity index (χ4n) is 3.38. The number of rotatable bonds is 6. The second-order valence-corrected chi connectivity index (χ2v) is 6.97. The van der Waals surface area contributed by atoms with Crippen LogP contribution in [-0.4, -0.2) is 35.8 Å². The third kappa shape index (κ3) is 3.72. The van der Waals surface area contributed by atoms with Gasteiger partial charge in [-0.15, -0.1) is 0 Å². The minimum Gasteiger partial charge on any atom is -0.457 e. The molecule has 2 amide bonds. The Hall–Kier alpha value is -2.82. The maximum Gasteiger partial charge on any atom is 0.255 e. The fraction of sp³-hybridized carbons (Fsp3) is 0.333. The molecule has 1 aliphatic carbocycles. The van der Waals surface area contributed by atoms with E-state index in [4.69, 9.17) is 4.74 Å². The highest BCUT2D eigenvalue weighted by Crippen LogP contribution is 2.32. The standard InChI is InChI=1S/C21H22N2O3/c24-20-12-15(14-23(20)16-10-11-16)13-22-21(25)18-8-4-5-9-19(18)26-17-6-2-1-3-7-17/h1-9,15-16H,10-14H2,(H,22,25)/t15-/m1/s1. The normalized spacial score (nSPS) is 19.5. The lowest BCUT2D eigenvalue weighted by atomic mass is 10.1. The summed E-state index contributed by atoms with van der Waals surface area (Å²) in [4.78, 5) is 26.6. The first-order chi connectivity index (χ1) is 12.7. The number of carbonyl (C=O) groups excluding carboxylic acids is 2. The average molecular weight is 350 g/mol. The highest BCUT2D eigenvalue weighted by molar-refractivity contribution is 5.97. The third-order valence-electron chi connectivity index (χ3n) is 4.88. The third-order valence-corrected chi connectivity index (χ3v) is 4.88. The Kier molecular flexibility index (Phi) is 4.61. The summed E-state index contributed by atoms with van der Waals surface area (Å²) in [7, 11) is 0. The number of nitrogens with one attached hydrogen (secondary N) is 1. The quantitative estimate of drug-likeness (QED) is 0.870. The molecule has 2 fully saturated rings. The number of nitrogens with zero attached hydrogens (tertiary/aromatic N) is 1. The van der Waals surface area contributed by atoms with Gasteiger partial charge in [0, 0.05) is 31.5 Å². The van der Waals surface area contributed by atoms with Gasteiger partial charge in [0.2, 0.25) is 5.91 Å². The second-order valence-electron chi connectivity index (χ2n) is 6.97. The monoisotopic (exact) mass is 350 g/mol. The van der Waals surface area contributed by atoms with Crippen molar-refractivity contribution in [3.8, 4) is 11.5 Å². The maximum atomic E-state index is 12.6. The van der Waals surface area contributed by atoms with Gasteiger partial charge >= 0.3 is 0 Å². The predicted molar refractivity (Wildman–Crippen MR) is 98.1 cm³/mol. The summed E-state index contributed by atoms with van der Waals surface area (Å²) >= 11 is 0. The van der Waals surface area contributed by atoms with Crippen molar-refractivity contribution >= 4 is 11.8 Å². The van der Waals surface area contributed by atoms with Crippen LogP contribution in [0.15, 0.2) is 54.6 Å². The first-order valence-electron chi connectivity index (χ1n) is 9.10. The van der Waals surface area contributed by atoms with Crippen molar-refractivity contribution in [2.75, 3.05) is 13.1 Å². The van der Waals surface area contributed by atoms with Gasteiger partial charge in [0.05, 0.1) is 5.56 Å². The number of likely N-dealkylation sites (tertiary alicyclic amines) is 1. The minimum atomic E-state index is -0.172. The highest BCUT2D eigenvalue weighted by Gasteiger charge is 2.39. The minimum absolute atomic E-state index is 0.172. The summed E-state index contributed by atoms with van der Waals surface area (Å²) in [6.07, 6.45) is 2.77. The smallest absolute Gasteiger partial charge is 0.255 e. The first-order valence-corrected chi connectivity index (χ1v) is 9.10. The number of para-hydroxylation sites is 2. The van der Waals surface area contributed by atoms with E-state index in [1.807, 2.05) is 47.4 Å². The summed E-state index contributed by atoms with van der Waals surface area (Å²) in [5.41, 5.74) is 0.500. The lowest BCUT2D eigenvalue weighted by Crippen LogP contribution is -2.32.